The predicted octanol–water partition coefficient (Wildman–Crippen LogP) is 4.41. The number of carbonyl (C=O) groups is 2. The van der Waals surface area contributed by atoms with Crippen molar-refractivity contribution in [1.29, 1.82) is 0 Å². The SMILES string of the molecule is Cc1noc([C@H]2O[C@@H](n3cnc4c(NCC(c5ccccc5)c5ccccc5)nc(NCCc5cn(C)cn5)nc43)[C@H](O)[C@@H]2O)n1.O=C(O)C(F)(F)F.O=C(O)C(F)(F)F. The number of alkyl halides is 6. The topological polar surface area (TPSA) is 249 Å². The maximum Gasteiger partial charge on any atom is 0.490 e. The van der Waals surface area contributed by atoms with E-state index in [0.29, 0.717) is 48.3 Å². The molecule has 6 aromatic rings. The molecular weight excluding hydrogens is 814 g/mol. The molecule has 0 aliphatic carbocycles. The van der Waals surface area contributed by atoms with Crippen LogP contribution in [0.5, 0.6) is 0 Å². The van der Waals surface area contributed by atoms with Crippen molar-refractivity contribution >= 4 is 34.9 Å². The summed E-state index contributed by atoms with van der Waals surface area (Å²) in [5.74, 6) is -4.13. The van der Waals surface area contributed by atoms with Gasteiger partial charge in [-0.05, 0) is 18.1 Å². The molecule has 6 N–H and O–H groups in total. The molecule has 18 nitrogen and oxygen atoms in total. The minimum absolute atomic E-state index is 0.0313. The van der Waals surface area contributed by atoms with Crippen LogP contribution in [0.3, 0.4) is 0 Å². The molecule has 60 heavy (non-hydrogen) atoms. The van der Waals surface area contributed by atoms with Crippen LogP contribution in [0.25, 0.3) is 11.2 Å². The normalized spacial score (nSPS) is 17.7. The van der Waals surface area contributed by atoms with Gasteiger partial charge in [-0.2, -0.15) is 41.3 Å². The molecule has 24 heteroatoms. The van der Waals surface area contributed by atoms with Crippen LogP contribution < -0.4 is 10.6 Å². The largest absolute Gasteiger partial charge is 0.490 e. The lowest BCUT2D eigenvalue weighted by Crippen LogP contribution is -2.29. The Kier molecular flexibility index (Phi) is 14.0. The first kappa shape index (κ1) is 44.4. The van der Waals surface area contributed by atoms with Gasteiger partial charge >= 0.3 is 24.3 Å². The number of rotatable bonds is 11. The summed E-state index contributed by atoms with van der Waals surface area (Å²) in [5.41, 5.74) is 4.14. The number of aliphatic hydroxyl groups is 2. The summed E-state index contributed by atoms with van der Waals surface area (Å²) < 4.78 is 78.3. The Labute approximate surface area is 334 Å². The van der Waals surface area contributed by atoms with Gasteiger partial charge in [0.05, 0.1) is 18.3 Å². The van der Waals surface area contributed by atoms with E-state index in [2.05, 4.69) is 55.0 Å². The molecule has 1 saturated heterocycles. The maximum absolute atomic E-state index is 11.1. The summed E-state index contributed by atoms with van der Waals surface area (Å²) in [6, 6.07) is 20.6. The quantitative estimate of drug-likeness (QED) is 0.0989. The predicted molar refractivity (Wildman–Crippen MR) is 195 cm³/mol. The first-order valence-corrected chi connectivity index (χ1v) is 17.5. The Bertz CT molecular complexity index is 2280. The van der Waals surface area contributed by atoms with Crippen LogP contribution in [0.15, 0.2) is 84.0 Å². The van der Waals surface area contributed by atoms with Gasteiger partial charge in [0.25, 0.3) is 5.89 Å². The van der Waals surface area contributed by atoms with Gasteiger partial charge in [-0.1, -0.05) is 65.8 Å². The van der Waals surface area contributed by atoms with Crippen molar-refractivity contribution in [3.8, 4) is 0 Å². The van der Waals surface area contributed by atoms with Crippen LogP contribution in [-0.4, -0.2) is 109 Å². The lowest BCUT2D eigenvalue weighted by atomic mass is 9.91. The smallest absolute Gasteiger partial charge is 0.475 e. The van der Waals surface area contributed by atoms with E-state index in [1.54, 1.807) is 17.8 Å². The number of nitrogens with one attached hydrogen (secondary N) is 2. The fourth-order valence-corrected chi connectivity index (χ4v) is 5.72. The number of carboxylic acids is 2. The van der Waals surface area contributed by atoms with Gasteiger partial charge in [-0.3, -0.25) is 4.57 Å². The summed E-state index contributed by atoms with van der Waals surface area (Å²) in [7, 11) is 1.93. The second-order valence-electron chi connectivity index (χ2n) is 12.9. The second kappa shape index (κ2) is 18.9. The monoisotopic (exact) mass is 850 g/mol. The van der Waals surface area contributed by atoms with Gasteiger partial charge in [0.15, 0.2) is 35.1 Å². The Morgan fingerprint density at radius 3 is 1.92 bits per heavy atom. The molecule has 320 valence electrons. The lowest BCUT2D eigenvalue weighted by Gasteiger charge is -2.20. The maximum atomic E-state index is 11.1. The summed E-state index contributed by atoms with van der Waals surface area (Å²) in [4.78, 5) is 40.6. The third-order valence-electron chi connectivity index (χ3n) is 8.51. The minimum Gasteiger partial charge on any atom is -0.475 e. The third kappa shape index (κ3) is 11.3. The van der Waals surface area contributed by atoms with Gasteiger partial charge in [-0.25, -0.2) is 19.6 Å². The van der Waals surface area contributed by atoms with E-state index in [4.69, 9.17) is 39.0 Å². The molecule has 1 aliphatic rings. The van der Waals surface area contributed by atoms with Crippen LogP contribution in [0.4, 0.5) is 38.1 Å². The number of anilines is 2. The van der Waals surface area contributed by atoms with E-state index >= 15 is 0 Å². The molecule has 7 rings (SSSR count). The number of aliphatic carboxylic acids is 2. The van der Waals surface area contributed by atoms with Gasteiger partial charge in [0, 0.05) is 38.7 Å². The number of halogens is 6. The van der Waals surface area contributed by atoms with Crippen molar-refractivity contribution in [3.05, 3.63) is 108 Å². The van der Waals surface area contributed by atoms with Crippen molar-refractivity contribution in [2.24, 2.45) is 7.05 Å². The van der Waals surface area contributed by atoms with Crippen molar-refractivity contribution in [2.45, 2.75) is 56.2 Å². The molecule has 0 spiro atoms. The molecule has 1 fully saturated rings. The highest BCUT2D eigenvalue weighted by molar-refractivity contribution is 5.84. The number of imidazole rings is 2. The first-order valence-electron chi connectivity index (χ1n) is 17.5. The number of aliphatic hydroxyl groups excluding tert-OH is 2. The van der Waals surface area contributed by atoms with Crippen molar-refractivity contribution in [2.75, 3.05) is 23.7 Å². The number of nitrogens with zero attached hydrogens (tertiary/aromatic N) is 8. The highest BCUT2D eigenvalue weighted by Crippen LogP contribution is 2.40. The third-order valence-corrected chi connectivity index (χ3v) is 8.51. The van der Waals surface area contributed by atoms with E-state index < -0.39 is 48.8 Å². The zero-order chi connectivity index (χ0) is 43.8. The molecule has 4 atom stereocenters. The Balaban J connectivity index is 0.000000420. The average molecular weight is 851 g/mol. The van der Waals surface area contributed by atoms with Crippen molar-refractivity contribution < 1.29 is 65.6 Å². The average Bonchev–Trinajstić information content (AvgIpc) is 4.00. The fourth-order valence-electron chi connectivity index (χ4n) is 5.72. The van der Waals surface area contributed by atoms with E-state index in [0.717, 1.165) is 16.8 Å². The standard InChI is InChI=1S/C32H34N10O4.2C2HF3O2/c1-19-37-30(46-40-19)27-25(43)26(44)31(45-27)42-18-36-24-28(38-32(39-29(24)42)33-14-13-22-16-41(2)17-35-22)34-15-23(20-9-5-3-6-10-20)21-11-7-4-8-12-21;2*3-2(4,5)1(6)7/h3-12,16-18,23,25-27,31,43-44H,13-15H2,1-2H3,(H2,33,34,38,39);2*(H,6,7)/t25-,26+,27-,31+;;/m0../s1. The Hall–Kier alpha value is -6.66. The van der Waals surface area contributed by atoms with Crippen molar-refractivity contribution in [1.82, 2.24) is 39.2 Å². The molecule has 4 aromatic heterocycles. The number of aryl methyl sites for hydroxylation is 2. The molecule has 2 aromatic carbocycles. The second-order valence-corrected chi connectivity index (χ2v) is 12.9. The molecule has 0 amide bonds. The van der Waals surface area contributed by atoms with E-state index in [9.17, 15) is 36.6 Å². The Morgan fingerprint density at radius 1 is 0.833 bits per heavy atom. The molecule has 0 saturated carbocycles. The molecular formula is C36H36F6N10O8. The fraction of sp³-hybridized carbons (Fsp3) is 0.333. The van der Waals surface area contributed by atoms with Crippen LogP contribution in [-0.2, 0) is 27.8 Å². The van der Waals surface area contributed by atoms with Crippen LogP contribution in [0.2, 0.25) is 0 Å². The Morgan fingerprint density at radius 2 is 1.42 bits per heavy atom. The van der Waals surface area contributed by atoms with Gasteiger partial charge in [0.2, 0.25) is 5.95 Å². The highest BCUT2D eigenvalue weighted by Gasteiger charge is 2.48. The number of benzene rings is 2. The van der Waals surface area contributed by atoms with E-state index in [1.165, 1.54) is 6.33 Å². The number of fused-ring (bicyclic) bond motifs is 1. The molecule has 5 heterocycles. The number of hydrogen-bond donors (Lipinski definition) is 6. The first-order chi connectivity index (χ1) is 28.3. The zero-order valence-electron chi connectivity index (χ0n) is 31.3. The molecule has 1 aliphatic heterocycles. The summed E-state index contributed by atoms with van der Waals surface area (Å²) in [5, 5.41) is 46.8. The van der Waals surface area contributed by atoms with Gasteiger partial charge in [-0.15, -0.1) is 0 Å². The lowest BCUT2D eigenvalue weighted by molar-refractivity contribution is -0.193. The minimum atomic E-state index is -5.08. The number of hydrogen-bond acceptors (Lipinski definition) is 14. The van der Waals surface area contributed by atoms with E-state index in [1.807, 2.05) is 54.2 Å². The van der Waals surface area contributed by atoms with E-state index in [-0.39, 0.29) is 11.8 Å². The summed E-state index contributed by atoms with van der Waals surface area (Å²) >= 11 is 0. The summed E-state index contributed by atoms with van der Waals surface area (Å²) in [6.45, 7) is 2.73. The zero-order valence-corrected chi connectivity index (χ0v) is 31.3. The highest BCUT2D eigenvalue weighted by atomic mass is 19.4. The van der Waals surface area contributed by atoms with Crippen LogP contribution >= 0.6 is 0 Å². The number of ether oxygens (including phenoxy) is 1. The summed E-state index contributed by atoms with van der Waals surface area (Å²) in [6.07, 6.45) is -8.93. The van der Waals surface area contributed by atoms with Gasteiger partial charge < -0.3 is 44.9 Å². The van der Waals surface area contributed by atoms with Crippen molar-refractivity contribution in [3.63, 3.8) is 0 Å². The van der Waals surface area contributed by atoms with Gasteiger partial charge in [0.1, 0.15) is 12.2 Å². The van der Waals surface area contributed by atoms with Crippen LogP contribution in [0.1, 0.15) is 46.8 Å². The van der Waals surface area contributed by atoms with Crippen LogP contribution in [0, 0.1) is 6.92 Å². The molecule has 0 unspecified atom stereocenters. The molecule has 0 bridgehead atoms. The number of aromatic nitrogens is 8. The molecule has 0 radical (unpaired) electrons. The number of carboxylic acid groups (broad SMARTS) is 2.